The van der Waals surface area contributed by atoms with E-state index in [1.165, 1.54) is 17.0 Å². The lowest BCUT2D eigenvalue weighted by molar-refractivity contribution is -0.154. The van der Waals surface area contributed by atoms with Crippen molar-refractivity contribution in [2.45, 2.75) is 70.9 Å². The normalized spacial score (nSPS) is 16.4. The average molecular weight is 666 g/mol. The van der Waals surface area contributed by atoms with E-state index in [1.54, 1.807) is 74.0 Å². The van der Waals surface area contributed by atoms with Gasteiger partial charge in [-0.15, -0.1) is 0 Å². The minimum atomic E-state index is -4.43. The molecule has 1 saturated heterocycles. The van der Waals surface area contributed by atoms with Crippen LogP contribution in [-0.4, -0.2) is 70.4 Å². The number of likely N-dealkylation sites (N-methyl/N-ethyl adjacent to an activating group) is 1. The summed E-state index contributed by atoms with van der Waals surface area (Å²) in [7, 11) is 1.67. The number of carbonyl (C=O) groups is 4. The molecular weight excluding hydrogens is 627 g/mol. The number of rotatable bonds is 10. The van der Waals surface area contributed by atoms with E-state index in [0.717, 1.165) is 17.7 Å². The molecule has 3 aromatic carbocycles. The monoisotopic (exact) mass is 665 g/mol. The first-order valence-electron chi connectivity index (χ1n) is 15.7. The highest BCUT2D eigenvalue weighted by Gasteiger charge is 2.36. The van der Waals surface area contributed by atoms with E-state index < -0.39 is 35.1 Å². The Hall–Kier alpha value is -4.87. The molecule has 48 heavy (non-hydrogen) atoms. The lowest BCUT2D eigenvalue weighted by Crippen LogP contribution is -2.32. The SMILES string of the molecule is CN1C(=O)N(Cc2ccc(C(F)(F)F)cc2)CC1CCOc1ccc(CCC(=O)OC(C)(C)C)c(C(=O)N2Cc3ccccc3C2=O)c1. The van der Waals surface area contributed by atoms with Gasteiger partial charge in [-0.2, -0.15) is 13.2 Å². The third-order valence-corrected chi connectivity index (χ3v) is 8.32. The summed E-state index contributed by atoms with van der Waals surface area (Å²) in [4.78, 5) is 56.6. The molecule has 0 aliphatic carbocycles. The summed E-state index contributed by atoms with van der Waals surface area (Å²) in [6.45, 7) is 6.21. The van der Waals surface area contributed by atoms with Crippen molar-refractivity contribution in [3.05, 3.63) is 100 Å². The Bertz CT molecular complexity index is 1700. The Morgan fingerprint density at radius 1 is 0.958 bits per heavy atom. The molecular formula is C36H38F3N3O6. The van der Waals surface area contributed by atoms with Gasteiger partial charge in [0, 0.05) is 44.1 Å². The summed E-state index contributed by atoms with van der Waals surface area (Å²) < 4.78 is 50.2. The van der Waals surface area contributed by atoms with Crippen LogP contribution in [0.3, 0.4) is 0 Å². The molecule has 0 aromatic heterocycles. The maximum atomic E-state index is 13.8. The first kappa shape index (κ1) is 34.5. The first-order chi connectivity index (χ1) is 22.6. The summed E-state index contributed by atoms with van der Waals surface area (Å²) in [5.74, 6) is -0.915. The molecule has 2 aliphatic heterocycles. The van der Waals surface area contributed by atoms with E-state index in [9.17, 15) is 32.3 Å². The molecule has 1 fully saturated rings. The second-order valence-corrected chi connectivity index (χ2v) is 13.0. The fourth-order valence-electron chi connectivity index (χ4n) is 5.84. The highest BCUT2D eigenvalue weighted by Crippen LogP contribution is 2.30. The second-order valence-electron chi connectivity index (χ2n) is 13.0. The van der Waals surface area contributed by atoms with Crippen LogP contribution < -0.4 is 4.74 Å². The summed E-state index contributed by atoms with van der Waals surface area (Å²) >= 11 is 0. The van der Waals surface area contributed by atoms with Gasteiger partial charge in [-0.25, -0.2) is 4.79 Å². The largest absolute Gasteiger partial charge is 0.493 e. The zero-order chi connectivity index (χ0) is 34.8. The molecule has 9 nitrogen and oxygen atoms in total. The Balaban J connectivity index is 1.25. The van der Waals surface area contributed by atoms with Gasteiger partial charge in [-0.3, -0.25) is 19.3 Å². The topological polar surface area (TPSA) is 96.5 Å². The number of hydrogen-bond acceptors (Lipinski definition) is 6. The Kier molecular flexibility index (Phi) is 9.84. The van der Waals surface area contributed by atoms with Crippen molar-refractivity contribution >= 4 is 23.8 Å². The highest BCUT2D eigenvalue weighted by molar-refractivity contribution is 6.13. The van der Waals surface area contributed by atoms with Crippen molar-refractivity contribution in [3.63, 3.8) is 0 Å². The number of ether oxygens (including phenoxy) is 2. The van der Waals surface area contributed by atoms with Crippen molar-refractivity contribution in [3.8, 4) is 5.75 Å². The van der Waals surface area contributed by atoms with Crippen molar-refractivity contribution in [2.75, 3.05) is 20.2 Å². The van der Waals surface area contributed by atoms with Gasteiger partial charge in [0.05, 0.1) is 24.8 Å². The van der Waals surface area contributed by atoms with E-state index in [1.807, 2.05) is 6.07 Å². The number of hydrogen-bond donors (Lipinski definition) is 0. The molecule has 2 aliphatic rings. The minimum Gasteiger partial charge on any atom is -0.493 e. The first-order valence-corrected chi connectivity index (χ1v) is 15.7. The number of amides is 4. The van der Waals surface area contributed by atoms with Crippen LogP contribution in [0.1, 0.15) is 76.6 Å². The molecule has 0 bridgehead atoms. The van der Waals surface area contributed by atoms with Crippen molar-refractivity contribution in [1.82, 2.24) is 14.7 Å². The van der Waals surface area contributed by atoms with Gasteiger partial charge in [0.2, 0.25) is 0 Å². The number of aryl methyl sites for hydroxylation is 1. The standard InChI is InChI=1S/C36H38F3N3O6/c1-35(2,3)48-31(43)16-12-24-11-15-28(19-30(24)33(45)42-21-25-7-5-6-8-29(25)32(42)44)47-18-17-27-22-41(34(46)40(27)4)20-23-9-13-26(14-10-23)36(37,38)39/h5-11,13-15,19,27H,12,16-18,20-22H2,1-4H3. The van der Waals surface area contributed by atoms with Gasteiger partial charge >= 0.3 is 18.2 Å². The number of esters is 1. The summed E-state index contributed by atoms with van der Waals surface area (Å²) in [5.41, 5.74) is 1.22. The molecule has 5 rings (SSSR count). The second kappa shape index (κ2) is 13.7. The number of benzene rings is 3. The van der Waals surface area contributed by atoms with Crippen LogP contribution in [0.15, 0.2) is 66.7 Å². The van der Waals surface area contributed by atoms with E-state index in [-0.39, 0.29) is 50.2 Å². The number of carbonyl (C=O) groups excluding carboxylic acids is 4. The number of alkyl halides is 3. The third-order valence-electron chi connectivity index (χ3n) is 8.32. The van der Waals surface area contributed by atoms with E-state index in [4.69, 9.17) is 9.47 Å². The van der Waals surface area contributed by atoms with Crippen LogP contribution in [0.4, 0.5) is 18.0 Å². The van der Waals surface area contributed by atoms with Crippen LogP contribution in [0.25, 0.3) is 0 Å². The lowest BCUT2D eigenvalue weighted by Gasteiger charge is -2.21. The molecule has 12 heteroatoms. The highest BCUT2D eigenvalue weighted by atomic mass is 19.4. The van der Waals surface area contributed by atoms with E-state index >= 15 is 0 Å². The van der Waals surface area contributed by atoms with Crippen molar-refractivity contribution < 1.29 is 41.8 Å². The van der Waals surface area contributed by atoms with Crippen LogP contribution in [0, 0.1) is 0 Å². The number of imide groups is 1. The smallest absolute Gasteiger partial charge is 0.416 e. The van der Waals surface area contributed by atoms with Crippen LogP contribution in [0.2, 0.25) is 0 Å². The van der Waals surface area contributed by atoms with Gasteiger partial charge in [0.15, 0.2) is 0 Å². The number of fused-ring (bicyclic) bond motifs is 1. The molecule has 0 saturated carbocycles. The van der Waals surface area contributed by atoms with Crippen LogP contribution >= 0.6 is 0 Å². The van der Waals surface area contributed by atoms with Gasteiger partial charge in [-0.05, 0) is 74.2 Å². The predicted octanol–water partition coefficient (Wildman–Crippen LogP) is 6.48. The molecule has 254 valence electrons. The molecule has 1 unspecified atom stereocenters. The molecule has 0 radical (unpaired) electrons. The van der Waals surface area contributed by atoms with Gasteiger partial charge in [0.25, 0.3) is 11.8 Å². The average Bonchev–Trinajstić information content (AvgIpc) is 3.50. The van der Waals surface area contributed by atoms with Gasteiger partial charge in [-0.1, -0.05) is 36.4 Å². The molecule has 2 heterocycles. The maximum absolute atomic E-state index is 13.8. The third kappa shape index (κ3) is 7.98. The Labute approximate surface area is 277 Å². The van der Waals surface area contributed by atoms with Crippen LogP contribution in [-0.2, 0) is 35.2 Å². The van der Waals surface area contributed by atoms with E-state index in [0.29, 0.717) is 35.4 Å². The lowest BCUT2D eigenvalue weighted by atomic mass is 10.0. The number of nitrogens with zero attached hydrogens (tertiary/aromatic N) is 3. The molecule has 4 amide bonds. The fraction of sp³-hybridized carbons (Fsp3) is 0.389. The molecule has 1 atom stereocenters. The molecule has 3 aromatic rings. The zero-order valence-electron chi connectivity index (χ0n) is 27.3. The maximum Gasteiger partial charge on any atom is 0.416 e. The molecule has 0 spiro atoms. The quantitative estimate of drug-likeness (QED) is 0.182. The Morgan fingerprint density at radius 3 is 2.33 bits per heavy atom. The fourth-order valence-corrected chi connectivity index (χ4v) is 5.84. The van der Waals surface area contributed by atoms with Crippen LogP contribution in [0.5, 0.6) is 5.75 Å². The number of halogens is 3. The number of urea groups is 1. The Morgan fingerprint density at radius 2 is 1.67 bits per heavy atom. The van der Waals surface area contributed by atoms with Crippen molar-refractivity contribution in [1.29, 1.82) is 0 Å². The van der Waals surface area contributed by atoms with Crippen molar-refractivity contribution in [2.24, 2.45) is 0 Å². The van der Waals surface area contributed by atoms with E-state index in [2.05, 4.69) is 0 Å². The van der Waals surface area contributed by atoms with Gasteiger partial charge < -0.3 is 19.3 Å². The van der Waals surface area contributed by atoms with Gasteiger partial charge in [0.1, 0.15) is 11.4 Å². The zero-order valence-corrected chi connectivity index (χ0v) is 27.3. The minimum absolute atomic E-state index is 0.0386. The molecule has 0 N–H and O–H groups in total. The summed E-state index contributed by atoms with van der Waals surface area (Å²) in [6, 6.07) is 16.3. The summed E-state index contributed by atoms with van der Waals surface area (Å²) in [5, 5.41) is 0. The summed E-state index contributed by atoms with van der Waals surface area (Å²) in [6.07, 6.45) is -3.72. The predicted molar refractivity (Wildman–Crippen MR) is 170 cm³/mol.